The summed E-state index contributed by atoms with van der Waals surface area (Å²) in [5.74, 6) is 1.79. The minimum absolute atomic E-state index is 0.0731. The van der Waals surface area contributed by atoms with Gasteiger partial charge in [-0.3, -0.25) is 14.5 Å². The number of amides is 1. The van der Waals surface area contributed by atoms with Crippen molar-refractivity contribution in [3.05, 3.63) is 101 Å². The van der Waals surface area contributed by atoms with E-state index in [1.54, 1.807) is 38.1 Å². The summed E-state index contributed by atoms with van der Waals surface area (Å²) >= 11 is 0. The fourth-order valence-electron chi connectivity index (χ4n) is 4.79. The molecule has 240 valence electrons. The minimum atomic E-state index is -0.894. The SMILES string of the molecule is C#C.C#CC.CCN(CC)C(=O)c1ccc(Cc2cccc(O)c2)cc1.C[C@H]1CN(CC2=CC=CC(C)(C(=O)O)C=C2)CCN1. The molecular formula is C38H49N3O4. The number of carbonyl (C=O) groups excluding carboxylic acids is 1. The van der Waals surface area contributed by atoms with Crippen molar-refractivity contribution in [2.45, 2.75) is 47.1 Å². The monoisotopic (exact) mass is 611 g/mol. The number of aromatic hydroxyl groups is 1. The van der Waals surface area contributed by atoms with Gasteiger partial charge in [-0.25, -0.2) is 0 Å². The second-order valence-corrected chi connectivity index (χ2v) is 10.9. The van der Waals surface area contributed by atoms with Gasteiger partial charge >= 0.3 is 5.97 Å². The lowest BCUT2D eigenvalue weighted by Crippen LogP contribution is -2.49. The summed E-state index contributed by atoms with van der Waals surface area (Å²) in [7, 11) is 0. The summed E-state index contributed by atoms with van der Waals surface area (Å²) in [6.07, 6.45) is 22.7. The number of carbonyl (C=O) groups is 2. The third-order valence-electron chi connectivity index (χ3n) is 7.29. The van der Waals surface area contributed by atoms with Crippen molar-refractivity contribution in [1.29, 1.82) is 0 Å². The molecule has 0 spiro atoms. The molecule has 0 bridgehead atoms. The summed E-state index contributed by atoms with van der Waals surface area (Å²) in [5.41, 5.74) is 3.16. The number of nitrogens with zero attached hydrogens (tertiary/aromatic N) is 2. The molecule has 1 fully saturated rings. The zero-order valence-electron chi connectivity index (χ0n) is 27.4. The number of nitrogens with one attached hydrogen (secondary N) is 1. The number of terminal acetylenes is 2. The number of allylic oxidation sites excluding steroid dienone is 2. The summed E-state index contributed by atoms with van der Waals surface area (Å²) in [5, 5.41) is 22.1. The highest BCUT2D eigenvalue weighted by Crippen LogP contribution is 2.24. The van der Waals surface area contributed by atoms with Crippen molar-refractivity contribution in [2.75, 3.05) is 39.3 Å². The van der Waals surface area contributed by atoms with Gasteiger partial charge in [0.2, 0.25) is 0 Å². The van der Waals surface area contributed by atoms with Crippen LogP contribution < -0.4 is 5.32 Å². The molecule has 7 nitrogen and oxygen atoms in total. The molecule has 7 heteroatoms. The van der Waals surface area contributed by atoms with Crippen LogP contribution in [0.5, 0.6) is 5.75 Å². The normalized spacial score (nSPS) is 18.5. The molecule has 3 N–H and O–H groups in total. The van der Waals surface area contributed by atoms with Crippen LogP contribution >= 0.6 is 0 Å². The summed E-state index contributed by atoms with van der Waals surface area (Å²) in [6.45, 7) is 14.9. The highest BCUT2D eigenvalue weighted by atomic mass is 16.4. The maximum absolute atomic E-state index is 12.2. The van der Waals surface area contributed by atoms with Crippen LogP contribution in [0.3, 0.4) is 0 Å². The molecule has 2 aliphatic rings. The lowest BCUT2D eigenvalue weighted by atomic mass is 9.90. The number of aliphatic carboxylic acids is 1. The molecule has 0 aromatic heterocycles. The van der Waals surface area contributed by atoms with Gasteiger partial charge in [-0.1, -0.05) is 54.6 Å². The molecule has 0 saturated carbocycles. The van der Waals surface area contributed by atoms with Crippen LogP contribution in [0.25, 0.3) is 0 Å². The Morgan fingerprint density at radius 2 is 1.73 bits per heavy atom. The Labute approximate surface area is 270 Å². The molecule has 2 atom stereocenters. The van der Waals surface area contributed by atoms with Crippen LogP contribution in [0.4, 0.5) is 0 Å². The van der Waals surface area contributed by atoms with Gasteiger partial charge < -0.3 is 20.4 Å². The Kier molecular flexibility index (Phi) is 17.4. The van der Waals surface area contributed by atoms with Crippen LogP contribution in [0.15, 0.2) is 84.5 Å². The Bertz CT molecular complexity index is 1360. The van der Waals surface area contributed by atoms with Crippen LogP contribution in [0.2, 0.25) is 0 Å². The molecule has 1 unspecified atom stereocenters. The first-order chi connectivity index (χ1) is 21.5. The lowest BCUT2D eigenvalue weighted by molar-refractivity contribution is -0.142. The zero-order chi connectivity index (χ0) is 33.8. The summed E-state index contributed by atoms with van der Waals surface area (Å²) < 4.78 is 0. The molecule has 45 heavy (non-hydrogen) atoms. The smallest absolute Gasteiger partial charge is 0.317 e. The van der Waals surface area contributed by atoms with Crippen molar-refractivity contribution in [2.24, 2.45) is 5.41 Å². The Hall–Kier alpha value is -4.56. The fourth-order valence-corrected chi connectivity index (χ4v) is 4.79. The van der Waals surface area contributed by atoms with Crippen LogP contribution in [0.1, 0.15) is 56.1 Å². The van der Waals surface area contributed by atoms with Gasteiger partial charge in [0.15, 0.2) is 0 Å². The molecule has 1 amide bonds. The van der Waals surface area contributed by atoms with E-state index < -0.39 is 11.4 Å². The highest BCUT2D eigenvalue weighted by molar-refractivity contribution is 5.94. The Morgan fingerprint density at radius 1 is 1.09 bits per heavy atom. The van der Waals surface area contributed by atoms with E-state index in [0.717, 1.165) is 68.0 Å². The maximum Gasteiger partial charge on any atom is 0.317 e. The first-order valence-electron chi connectivity index (χ1n) is 15.2. The number of benzene rings is 2. The quantitative estimate of drug-likeness (QED) is 0.328. The first kappa shape index (κ1) is 38.5. The van der Waals surface area contributed by atoms with E-state index in [9.17, 15) is 19.8 Å². The molecule has 1 aliphatic carbocycles. The number of hydrogen-bond acceptors (Lipinski definition) is 5. The zero-order valence-corrected chi connectivity index (χ0v) is 27.4. The average Bonchev–Trinajstić information content (AvgIpc) is 3.22. The van der Waals surface area contributed by atoms with Crippen molar-refractivity contribution in [3.8, 4) is 30.9 Å². The van der Waals surface area contributed by atoms with Gasteiger partial charge in [-0.15, -0.1) is 25.2 Å². The summed E-state index contributed by atoms with van der Waals surface area (Å²) in [4.78, 5) is 27.6. The van der Waals surface area contributed by atoms with E-state index in [0.29, 0.717) is 6.04 Å². The van der Waals surface area contributed by atoms with Crippen molar-refractivity contribution < 1.29 is 19.8 Å². The van der Waals surface area contributed by atoms with E-state index >= 15 is 0 Å². The van der Waals surface area contributed by atoms with Gasteiger partial charge in [-0.05, 0) is 82.0 Å². The molecule has 2 aromatic carbocycles. The maximum atomic E-state index is 12.2. The fraction of sp³-hybridized carbons (Fsp3) is 0.368. The lowest BCUT2D eigenvalue weighted by Gasteiger charge is -2.32. The van der Waals surface area contributed by atoms with Crippen LogP contribution in [-0.4, -0.2) is 77.2 Å². The number of phenolic OH excluding ortho intramolecular Hbond substituents is 1. The Balaban J connectivity index is 0.000000395. The number of carboxylic acid groups (broad SMARTS) is 1. The van der Waals surface area contributed by atoms with Gasteiger partial charge in [0.05, 0.1) is 0 Å². The standard InChI is InChI=1S/C18H21NO2.C15H22N2O2.C3H4.C2H2/c1-3-19(4-2)18(21)16-10-8-14(9-11-16)12-15-6-5-7-17(20)13-15;1-12-10-17(9-8-16-12)11-13-4-3-6-15(2,7-5-13)14(18)19;1-3-2;1-2/h5-11,13,20H,3-4,12H2,1-2H3;3-7,12,16H,8-11H2,1-2H3,(H,18,19);1H,2H3;1-2H/t;12-,15?;;/m.0../s1. The third kappa shape index (κ3) is 13.3. The Morgan fingerprint density at radius 3 is 2.29 bits per heavy atom. The van der Waals surface area contributed by atoms with E-state index in [1.165, 1.54) is 0 Å². The van der Waals surface area contributed by atoms with E-state index in [-0.39, 0.29) is 11.7 Å². The second kappa shape index (κ2) is 20.4. The minimum Gasteiger partial charge on any atom is -0.508 e. The van der Waals surface area contributed by atoms with Crippen molar-refractivity contribution >= 4 is 11.9 Å². The molecular weight excluding hydrogens is 562 g/mol. The highest BCUT2D eigenvalue weighted by Gasteiger charge is 2.27. The number of hydrogen-bond donors (Lipinski definition) is 3. The number of piperazine rings is 1. The predicted octanol–water partition coefficient (Wildman–Crippen LogP) is 5.78. The number of rotatable bonds is 8. The van der Waals surface area contributed by atoms with Crippen LogP contribution in [0, 0.1) is 30.6 Å². The first-order valence-corrected chi connectivity index (χ1v) is 15.2. The van der Waals surface area contributed by atoms with E-state index in [4.69, 9.17) is 0 Å². The number of carboxylic acids is 1. The molecule has 1 heterocycles. The van der Waals surface area contributed by atoms with Gasteiger partial charge in [-0.2, -0.15) is 0 Å². The van der Waals surface area contributed by atoms with Gasteiger partial charge in [0.1, 0.15) is 11.2 Å². The molecule has 1 saturated heterocycles. The molecule has 4 rings (SSSR count). The topological polar surface area (TPSA) is 93.1 Å². The predicted molar refractivity (Wildman–Crippen MR) is 185 cm³/mol. The van der Waals surface area contributed by atoms with Crippen molar-refractivity contribution in [3.63, 3.8) is 0 Å². The largest absolute Gasteiger partial charge is 0.508 e. The molecule has 2 aromatic rings. The molecule has 1 aliphatic heterocycles. The van der Waals surface area contributed by atoms with Crippen molar-refractivity contribution in [1.82, 2.24) is 15.1 Å². The van der Waals surface area contributed by atoms with Crippen LogP contribution in [-0.2, 0) is 11.2 Å². The van der Waals surface area contributed by atoms with Gasteiger partial charge in [0.25, 0.3) is 5.91 Å². The second-order valence-electron chi connectivity index (χ2n) is 10.9. The average molecular weight is 612 g/mol. The van der Waals surface area contributed by atoms with Gasteiger partial charge in [0, 0.05) is 50.9 Å². The molecule has 0 radical (unpaired) electrons. The van der Waals surface area contributed by atoms with E-state index in [1.807, 2.05) is 73.4 Å². The number of phenols is 1. The summed E-state index contributed by atoms with van der Waals surface area (Å²) in [6, 6.07) is 15.4. The third-order valence-corrected chi connectivity index (χ3v) is 7.29. The van der Waals surface area contributed by atoms with E-state index in [2.05, 4.69) is 42.3 Å².